The van der Waals surface area contributed by atoms with Gasteiger partial charge < -0.3 is 0 Å². The second-order valence-electron chi connectivity index (χ2n) is 4.40. The van der Waals surface area contributed by atoms with Crippen LogP contribution in [0.4, 0.5) is 0 Å². The normalized spacial score (nSPS) is 24.4. The summed E-state index contributed by atoms with van der Waals surface area (Å²) in [5, 5.41) is 9.89. The molecule has 1 rings (SSSR count). The molecule has 1 aliphatic rings. The van der Waals surface area contributed by atoms with E-state index in [1.54, 1.807) is 7.11 Å². The van der Waals surface area contributed by atoms with Crippen molar-refractivity contribution in [3.8, 4) is 0 Å². The number of ether oxygens (including phenoxy) is 1. The Bertz CT molecular complexity index is 390. The van der Waals surface area contributed by atoms with E-state index in [0.717, 1.165) is 35.2 Å². The predicted octanol–water partition coefficient (Wildman–Crippen LogP) is 0.829. The van der Waals surface area contributed by atoms with Gasteiger partial charge in [-0.1, -0.05) is 0 Å². The molecule has 0 aromatic carbocycles. The first kappa shape index (κ1) is 15.3. The van der Waals surface area contributed by atoms with Crippen LogP contribution < -0.4 is 5.73 Å². The molecule has 0 spiro atoms. The van der Waals surface area contributed by atoms with E-state index in [9.17, 15) is 9.90 Å². The average molecular weight is 421 g/mol. The third kappa shape index (κ3) is 3.89. The standard InChI is InChI=1S/C13H19NO3.W/c1-9(17-2)7-10-5-3-4-6-11(8-10)12(15)13(14)16;/h7,11-12,15H,1,3-6H2,2H3,(H2,14,16);/b10-7-;. The molecule has 0 bridgehead atoms. The molecule has 4 nitrogen and oxygen atoms in total. The molecule has 1 aliphatic carbocycles. The van der Waals surface area contributed by atoms with E-state index in [2.05, 4.69) is 6.58 Å². The molecule has 18 heavy (non-hydrogen) atoms. The van der Waals surface area contributed by atoms with E-state index in [1.165, 1.54) is 19.4 Å². The Hall–Kier alpha value is -0.732. The van der Waals surface area contributed by atoms with Gasteiger partial charge in [0.15, 0.2) is 0 Å². The second-order valence-corrected chi connectivity index (χ2v) is 5.98. The molecule has 1 amide bonds. The van der Waals surface area contributed by atoms with Crippen molar-refractivity contribution in [1.82, 2.24) is 0 Å². The first-order chi connectivity index (χ1) is 8.47. The van der Waals surface area contributed by atoms with Gasteiger partial charge in [-0.25, -0.2) is 0 Å². The number of hydrogen-bond donors (Lipinski definition) is 2. The topological polar surface area (TPSA) is 72.5 Å². The maximum atomic E-state index is 11.1. The van der Waals surface area contributed by atoms with Crippen LogP contribution >= 0.6 is 0 Å². The van der Waals surface area contributed by atoms with Crippen molar-refractivity contribution in [2.45, 2.75) is 31.8 Å². The number of carbonyl (C=O) groups is 1. The van der Waals surface area contributed by atoms with Gasteiger partial charge in [0.05, 0.1) is 0 Å². The summed E-state index contributed by atoms with van der Waals surface area (Å²) in [4.78, 5) is 11.1. The van der Waals surface area contributed by atoms with Gasteiger partial charge in [0, 0.05) is 0 Å². The molecule has 0 saturated heterocycles. The van der Waals surface area contributed by atoms with Crippen LogP contribution in [-0.2, 0) is 28.9 Å². The third-order valence-electron chi connectivity index (χ3n) is 3.13. The maximum absolute atomic E-state index is 11.1. The Kier molecular flexibility index (Phi) is 5.96. The summed E-state index contributed by atoms with van der Waals surface area (Å²) in [5.41, 5.74) is 6.32. The van der Waals surface area contributed by atoms with Crippen LogP contribution in [0.2, 0.25) is 0 Å². The van der Waals surface area contributed by atoms with Gasteiger partial charge >= 0.3 is 118 Å². The second kappa shape index (κ2) is 7.00. The fourth-order valence-corrected chi connectivity index (χ4v) is 3.53. The van der Waals surface area contributed by atoms with E-state index < -0.39 is 12.0 Å². The number of hydrogen-bond acceptors (Lipinski definition) is 3. The minimum absolute atomic E-state index is 0.157. The number of aliphatic hydroxyl groups excluding tert-OH is 1. The number of rotatable bonds is 4. The number of methoxy groups -OCH3 is 1. The quantitative estimate of drug-likeness (QED) is 0.522. The van der Waals surface area contributed by atoms with Gasteiger partial charge in [0.1, 0.15) is 0 Å². The number of carbonyl (C=O) groups excluding carboxylic acids is 1. The van der Waals surface area contributed by atoms with Crippen molar-refractivity contribution in [2.75, 3.05) is 7.11 Å². The van der Waals surface area contributed by atoms with Gasteiger partial charge in [0.25, 0.3) is 0 Å². The van der Waals surface area contributed by atoms with Crippen LogP contribution in [0.15, 0.2) is 24.0 Å². The number of nitrogens with two attached hydrogens (primary N) is 1. The van der Waals surface area contributed by atoms with Crippen LogP contribution in [0.1, 0.15) is 25.7 Å². The zero-order valence-corrected chi connectivity index (χ0v) is 13.5. The minimum atomic E-state index is -1.09. The number of amides is 1. The Morgan fingerprint density at radius 1 is 1.67 bits per heavy atom. The summed E-state index contributed by atoms with van der Waals surface area (Å²) < 4.78 is 6.15. The van der Waals surface area contributed by atoms with Crippen LogP contribution in [0.5, 0.6) is 0 Å². The first-order valence-corrected chi connectivity index (χ1v) is 7.39. The molecular weight excluding hydrogens is 402 g/mol. The van der Waals surface area contributed by atoms with Crippen molar-refractivity contribution in [3.63, 3.8) is 0 Å². The summed E-state index contributed by atoms with van der Waals surface area (Å²) in [7, 11) is 1.58. The fraction of sp³-hybridized carbons (Fsp3) is 0.538. The zero-order chi connectivity index (χ0) is 13.7. The number of aliphatic hydroxyl groups is 1. The van der Waals surface area contributed by atoms with Crippen LogP contribution in [0, 0.1) is 5.92 Å². The molecule has 2 atom stereocenters. The predicted molar refractivity (Wildman–Crippen MR) is 66.4 cm³/mol. The monoisotopic (exact) mass is 421 g/mol. The molecule has 5 heteroatoms. The van der Waals surface area contributed by atoms with E-state index in [-0.39, 0.29) is 5.92 Å². The number of primary amides is 1. The zero-order valence-electron chi connectivity index (χ0n) is 10.5. The summed E-state index contributed by atoms with van der Waals surface area (Å²) in [6.45, 7) is 3.78. The molecule has 0 heterocycles. The van der Waals surface area contributed by atoms with Crippen molar-refractivity contribution < 1.29 is 34.0 Å². The molecule has 0 aromatic heterocycles. The first-order valence-electron chi connectivity index (χ1n) is 5.92. The van der Waals surface area contributed by atoms with Crippen LogP contribution in [-0.4, -0.2) is 28.1 Å². The van der Waals surface area contributed by atoms with Gasteiger partial charge in [0.2, 0.25) is 0 Å². The molecule has 3 N–H and O–H groups in total. The Labute approximate surface area is 118 Å². The molecule has 0 aliphatic heterocycles. The van der Waals surface area contributed by atoms with Gasteiger partial charge in [-0.05, 0) is 0 Å². The van der Waals surface area contributed by atoms with E-state index >= 15 is 0 Å². The van der Waals surface area contributed by atoms with E-state index in [4.69, 9.17) is 10.5 Å². The SMILES string of the molecule is C=C(/C=C1/CCCCC(C(O)C(N)=O)[C]1=[W])OC. The Morgan fingerprint density at radius 3 is 2.89 bits per heavy atom. The average Bonchev–Trinajstić information content (AvgIpc) is 2.51. The van der Waals surface area contributed by atoms with Crippen LogP contribution in [0.25, 0.3) is 0 Å². The summed E-state index contributed by atoms with van der Waals surface area (Å²) in [6.07, 6.45) is 4.58. The molecular formula is C13H19NO3W. The van der Waals surface area contributed by atoms with Gasteiger partial charge in [-0.2, -0.15) is 0 Å². The molecule has 2 unspecified atom stereocenters. The third-order valence-corrected chi connectivity index (χ3v) is 5.16. The molecule has 0 radical (unpaired) electrons. The van der Waals surface area contributed by atoms with Gasteiger partial charge in [-0.15, -0.1) is 0 Å². The van der Waals surface area contributed by atoms with Crippen molar-refractivity contribution >= 4 is 9.81 Å². The number of allylic oxidation sites excluding steroid dienone is 2. The van der Waals surface area contributed by atoms with E-state index in [0.29, 0.717) is 5.76 Å². The summed E-state index contributed by atoms with van der Waals surface area (Å²) in [6, 6.07) is 0. The molecule has 1 fully saturated rings. The van der Waals surface area contributed by atoms with Crippen molar-refractivity contribution in [3.05, 3.63) is 24.0 Å². The Morgan fingerprint density at radius 2 is 2.33 bits per heavy atom. The van der Waals surface area contributed by atoms with E-state index in [1.807, 2.05) is 6.08 Å². The van der Waals surface area contributed by atoms with Crippen molar-refractivity contribution in [2.24, 2.45) is 11.7 Å². The van der Waals surface area contributed by atoms with Gasteiger partial charge in [-0.3, -0.25) is 0 Å². The molecule has 0 aromatic rings. The Balaban J connectivity index is 2.95. The fourth-order valence-electron chi connectivity index (χ4n) is 2.07. The van der Waals surface area contributed by atoms with Crippen molar-refractivity contribution in [1.29, 1.82) is 0 Å². The van der Waals surface area contributed by atoms with Crippen LogP contribution in [0.3, 0.4) is 0 Å². The summed E-state index contributed by atoms with van der Waals surface area (Å²) in [5.74, 6) is -0.209. The summed E-state index contributed by atoms with van der Waals surface area (Å²) >= 11 is 1.26. The molecule has 100 valence electrons. The molecule has 1 saturated carbocycles.